The highest BCUT2D eigenvalue weighted by atomic mass is 35.5. The predicted octanol–water partition coefficient (Wildman–Crippen LogP) is 3.90. The average molecular weight is 314 g/mol. The fourth-order valence-electron chi connectivity index (χ4n) is 1.77. The van der Waals surface area contributed by atoms with Gasteiger partial charge in [0.1, 0.15) is 10.7 Å². The molecule has 0 bridgehead atoms. The SMILES string of the molecule is Cc1ccc(S(=O)(=O)Nc2ccc(F)cc2C)c(Cl)c1. The highest BCUT2D eigenvalue weighted by Gasteiger charge is 2.18. The van der Waals surface area contributed by atoms with E-state index in [0.717, 1.165) is 5.56 Å². The molecule has 1 N–H and O–H groups in total. The van der Waals surface area contributed by atoms with Crippen molar-refractivity contribution >= 4 is 27.3 Å². The van der Waals surface area contributed by atoms with E-state index >= 15 is 0 Å². The van der Waals surface area contributed by atoms with Crippen LogP contribution in [0, 0.1) is 19.7 Å². The van der Waals surface area contributed by atoms with Gasteiger partial charge in [0.25, 0.3) is 10.0 Å². The van der Waals surface area contributed by atoms with Crippen LogP contribution in [-0.2, 0) is 10.0 Å². The van der Waals surface area contributed by atoms with Crippen molar-refractivity contribution in [2.45, 2.75) is 18.7 Å². The van der Waals surface area contributed by atoms with Crippen LogP contribution in [0.25, 0.3) is 0 Å². The van der Waals surface area contributed by atoms with E-state index < -0.39 is 15.8 Å². The van der Waals surface area contributed by atoms with E-state index in [1.54, 1.807) is 19.1 Å². The molecule has 0 unspecified atom stereocenters. The van der Waals surface area contributed by atoms with Crippen molar-refractivity contribution in [1.82, 2.24) is 0 Å². The van der Waals surface area contributed by atoms with Crippen molar-refractivity contribution < 1.29 is 12.8 Å². The molecular weight excluding hydrogens is 301 g/mol. The Morgan fingerprint density at radius 2 is 1.80 bits per heavy atom. The second kappa shape index (κ2) is 5.42. The summed E-state index contributed by atoms with van der Waals surface area (Å²) in [6.07, 6.45) is 0. The van der Waals surface area contributed by atoms with Crippen LogP contribution in [0.3, 0.4) is 0 Å². The first-order valence-corrected chi connectivity index (χ1v) is 7.71. The quantitative estimate of drug-likeness (QED) is 0.934. The van der Waals surface area contributed by atoms with Gasteiger partial charge in [-0.25, -0.2) is 12.8 Å². The Morgan fingerprint density at radius 3 is 2.40 bits per heavy atom. The Balaban J connectivity index is 2.41. The molecule has 0 saturated heterocycles. The van der Waals surface area contributed by atoms with Gasteiger partial charge in [-0.3, -0.25) is 4.72 Å². The summed E-state index contributed by atoms with van der Waals surface area (Å²) in [4.78, 5) is -0.00603. The third-order valence-electron chi connectivity index (χ3n) is 2.81. The number of rotatable bonds is 3. The summed E-state index contributed by atoms with van der Waals surface area (Å²) in [5.41, 5.74) is 1.69. The molecule has 0 spiro atoms. The first-order chi connectivity index (χ1) is 9.29. The van der Waals surface area contributed by atoms with Crippen LogP contribution >= 0.6 is 11.6 Å². The fourth-order valence-corrected chi connectivity index (χ4v) is 3.50. The lowest BCUT2D eigenvalue weighted by atomic mass is 10.2. The third-order valence-corrected chi connectivity index (χ3v) is 4.66. The molecule has 0 fully saturated rings. The van der Waals surface area contributed by atoms with Crippen molar-refractivity contribution in [3.05, 3.63) is 58.4 Å². The fraction of sp³-hybridized carbons (Fsp3) is 0.143. The highest BCUT2D eigenvalue weighted by molar-refractivity contribution is 7.92. The Kier molecular flexibility index (Phi) is 4.01. The van der Waals surface area contributed by atoms with Crippen molar-refractivity contribution in [1.29, 1.82) is 0 Å². The van der Waals surface area contributed by atoms with Gasteiger partial charge in [-0.2, -0.15) is 0 Å². The highest BCUT2D eigenvalue weighted by Crippen LogP contribution is 2.26. The molecule has 0 aromatic heterocycles. The lowest BCUT2D eigenvalue weighted by Gasteiger charge is -2.12. The number of halogens is 2. The van der Waals surface area contributed by atoms with Gasteiger partial charge in [0.05, 0.1) is 10.7 Å². The number of hydrogen-bond donors (Lipinski definition) is 1. The summed E-state index contributed by atoms with van der Waals surface area (Å²) < 4.78 is 40.0. The molecule has 0 radical (unpaired) electrons. The number of anilines is 1. The lowest BCUT2D eigenvalue weighted by molar-refractivity contribution is 0.601. The van der Waals surface area contributed by atoms with Crippen molar-refractivity contribution in [2.24, 2.45) is 0 Å². The second-order valence-corrected chi connectivity index (χ2v) is 6.56. The lowest BCUT2D eigenvalue weighted by Crippen LogP contribution is -2.14. The molecule has 0 heterocycles. The topological polar surface area (TPSA) is 46.2 Å². The molecule has 2 aromatic carbocycles. The zero-order valence-electron chi connectivity index (χ0n) is 10.9. The van der Waals surface area contributed by atoms with Crippen LogP contribution in [-0.4, -0.2) is 8.42 Å². The second-order valence-electron chi connectivity index (χ2n) is 4.50. The minimum Gasteiger partial charge on any atom is -0.279 e. The van der Waals surface area contributed by atoms with Crippen LogP contribution in [0.1, 0.15) is 11.1 Å². The minimum absolute atomic E-state index is 0.00603. The third kappa shape index (κ3) is 3.11. The molecule has 0 saturated carbocycles. The van der Waals surface area contributed by atoms with Crippen LogP contribution in [0.15, 0.2) is 41.3 Å². The van der Waals surface area contributed by atoms with Gasteiger partial charge < -0.3 is 0 Å². The Labute approximate surface area is 122 Å². The molecule has 2 rings (SSSR count). The van der Waals surface area contributed by atoms with Crippen LogP contribution in [0.2, 0.25) is 5.02 Å². The molecule has 0 aliphatic heterocycles. The number of aryl methyl sites for hydroxylation is 2. The van der Waals surface area contributed by atoms with Crippen LogP contribution in [0.5, 0.6) is 0 Å². The molecule has 0 aliphatic carbocycles. The van der Waals surface area contributed by atoms with Crippen molar-refractivity contribution in [2.75, 3.05) is 4.72 Å². The standard InChI is InChI=1S/C14H13ClFNO2S/c1-9-3-6-14(12(15)7-9)20(18,19)17-13-5-4-11(16)8-10(13)2/h3-8,17H,1-2H3. The van der Waals surface area contributed by atoms with Gasteiger partial charge >= 0.3 is 0 Å². The number of nitrogens with one attached hydrogen (secondary N) is 1. The van der Waals surface area contributed by atoms with E-state index in [1.807, 2.05) is 6.92 Å². The molecule has 20 heavy (non-hydrogen) atoms. The zero-order chi connectivity index (χ0) is 14.9. The van der Waals surface area contributed by atoms with Gasteiger partial charge in [-0.15, -0.1) is 0 Å². The Bertz CT molecular complexity index is 760. The van der Waals surface area contributed by atoms with Gasteiger partial charge in [0.15, 0.2) is 0 Å². The monoisotopic (exact) mass is 313 g/mol. The molecule has 106 valence electrons. The van der Waals surface area contributed by atoms with E-state index in [4.69, 9.17) is 11.6 Å². The number of benzene rings is 2. The molecule has 2 aromatic rings. The summed E-state index contributed by atoms with van der Waals surface area (Å²) >= 11 is 5.97. The summed E-state index contributed by atoms with van der Waals surface area (Å²) in [7, 11) is -3.80. The maximum atomic E-state index is 13.0. The molecular formula is C14H13ClFNO2S. The largest absolute Gasteiger partial charge is 0.279 e. The van der Waals surface area contributed by atoms with Gasteiger partial charge in [0, 0.05) is 0 Å². The van der Waals surface area contributed by atoms with Crippen LogP contribution in [0.4, 0.5) is 10.1 Å². The summed E-state index contributed by atoms with van der Waals surface area (Å²) in [6.45, 7) is 3.44. The zero-order valence-corrected chi connectivity index (χ0v) is 12.5. The van der Waals surface area contributed by atoms with Crippen molar-refractivity contribution in [3.8, 4) is 0 Å². The Morgan fingerprint density at radius 1 is 1.10 bits per heavy atom. The van der Waals surface area contributed by atoms with Crippen molar-refractivity contribution in [3.63, 3.8) is 0 Å². The summed E-state index contributed by atoms with van der Waals surface area (Å²) in [5, 5.41) is 0.150. The Hall–Kier alpha value is -1.59. The minimum atomic E-state index is -3.80. The first-order valence-electron chi connectivity index (χ1n) is 5.85. The van der Waals surface area contributed by atoms with E-state index in [9.17, 15) is 12.8 Å². The average Bonchev–Trinajstić information content (AvgIpc) is 2.32. The van der Waals surface area contributed by atoms with Gasteiger partial charge in [-0.05, 0) is 55.3 Å². The number of sulfonamides is 1. The molecule has 0 aliphatic rings. The molecule has 0 amide bonds. The van der Waals surface area contributed by atoms with Crippen LogP contribution < -0.4 is 4.72 Å². The first kappa shape index (κ1) is 14.8. The predicted molar refractivity (Wildman–Crippen MR) is 78.1 cm³/mol. The molecule has 6 heteroatoms. The van der Waals surface area contributed by atoms with E-state index in [0.29, 0.717) is 11.3 Å². The summed E-state index contributed by atoms with van der Waals surface area (Å²) in [5.74, 6) is -0.418. The van der Waals surface area contributed by atoms with Gasteiger partial charge in [-0.1, -0.05) is 17.7 Å². The normalized spacial score (nSPS) is 11.4. The number of hydrogen-bond acceptors (Lipinski definition) is 2. The van der Waals surface area contributed by atoms with E-state index in [1.165, 1.54) is 24.3 Å². The van der Waals surface area contributed by atoms with Gasteiger partial charge in [0.2, 0.25) is 0 Å². The smallest absolute Gasteiger partial charge is 0.263 e. The van der Waals surface area contributed by atoms with E-state index in [-0.39, 0.29) is 9.92 Å². The maximum Gasteiger partial charge on any atom is 0.263 e. The molecule has 0 atom stereocenters. The van der Waals surface area contributed by atoms with E-state index in [2.05, 4.69) is 4.72 Å². The molecule has 3 nitrogen and oxygen atoms in total. The summed E-state index contributed by atoms with van der Waals surface area (Å²) in [6, 6.07) is 8.52. The maximum absolute atomic E-state index is 13.0.